The number of pyridine rings is 1. The van der Waals surface area contributed by atoms with E-state index in [1.807, 2.05) is 73.3 Å². The number of para-hydroxylation sites is 1. The third kappa shape index (κ3) is 6.89. The summed E-state index contributed by atoms with van der Waals surface area (Å²) in [6.45, 7) is 12.2. The van der Waals surface area contributed by atoms with E-state index in [1.54, 1.807) is 37.2 Å². The van der Waals surface area contributed by atoms with Crippen LogP contribution in [-0.2, 0) is 21.1 Å². The fraction of sp³-hybridized carbons (Fsp3) is 0.154. The Morgan fingerprint density at radius 1 is 0.820 bits per heavy atom. The summed E-state index contributed by atoms with van der Waals surface area (Å²) in [6.07, 6.45) is 10.4. The smallest absolute Gasteiger partial charge is 0.656 e. The van der Waals surface area contributed by atoms with Crippen LogP contribution in [0.5, 0.6) is 0 Å². The van der Waals surface area contributed by atoms with E-state index in [9.17, 15) is 0 Å². The van der Waals surface area contributed by atoms with Crippen molar-refractivity contribution in [1.82, 2.24) is 29.9 Å². The number of aromatic nitrogens is 6. The van der Waals surface area contributed by atoms with E-state index in [0.29, 0.717) is 0 Å². The number of fused-ring (bicyclic) bond motifs is 4. The normalized spacial score (nSPS) is 12.0. The van der Waals surface area contributed by atoms with Crippen molar-refractivity contribution in [2.24, 2.45) is 0 Å². The van der Waals surface area contributed by atoms with E-state index < -0.39 is 0 Å². The van der Waals surface area contributed by atoms with Crippen molar-refractivity contribution in [3.8, 4) is 11.1 Å². The SMILES string of the molecule is Cc1cc(C)c(-c2cc(N[CH-]N(C)c3nccnc3C)[c-]c(N3[CH-]N(C)c4nccnc43)c2)c(C)c1.[Pt+4].c1ccc2c(c1)[n-]c1cnccc12. The molecule has 0 saturated heterocycles. The van der Waals surface area contributed by atoms with E-state index in [-0.39, 0.29) is 21.1 Å². The summed E-state index contributed by atoms with van der Waals surface area (Å²) in [5.74, 6) is 2.36. The summed E-state index contributed by atoms with van der Waals surface area (Å²) in [4.78, 5) is 32.3. The Morgan fingerprint density at radius 2 is 1.52 bits per heavy atom. The maximum atomic E-state index is 4.59. The molecule has 5 heterocycles. The average molecular weight is 840 g/mol. The van der Waals surface area contributed by atoms with Gasteiger partial charge < -0.3 is 25.0 Å². The summed E-state index contributed by atoms with van der Waals surface area (Å²) in [5.41, 5.74) is 10.6. The molecular weight excluding hydrogens is 804 g/mol. The number of hydrogen-bond acceptors (Lipinski definition) is 9. The summed E-state index contributed by atoms with van der Waals surface area (Å²) in [5, 5.41) is 5.81. The molecule has 10 nitrogen and oxygen atoms in total. The number of benzene rings is 3. The van der Waals surface area contributed by atoms with Crippen LogP contribution >= 0.6 is 0 Å². The summed E-state index contributed by atoms with van der Waals surface area (Å²) in [6, 6.07) is 22.4. The number of nitrogens with one attached hydrogen (secondary N) is 1. The van der Waals surface area contributed by atoms with Crippen LogP contribution in [0, 0.1) is 47.1 Å². The Morgan fingerprint density at radius 3 is 2.30 bits per heavy atom. The summed E-state index contributed by atoms with van der Waals surface area (Å²) in [7, 11) is 3.91. The van der Waals surface area contributed by atoms with Crippen LogP contribution in [0.1, 0.15) is 22.4 Å². The van der Waals surface area contributed by atoms with Crippen molar-refractivity contribution in [3.05, 3.63) is 134 Å². The van der Waals surface area contributed by atoms with Crippen molar-refractivity contribution in [2.45, 2.75) is 27.7 Å². The fourth-order valence-corrected chi connectivity index (χ4v) is 6.35. The molecule has 0 saturated carbocycles. The molecule has 0 radical (unpaired) electrons. The van der Waals surface area contributed by atoms with Crippen LogP contribution in [0.4, 0.5) is 28.8 Å². The first-order valence-corrected chi connectivity index (χ1v) is 16.0. The summed E-state index contributed by atoms with van der Waals surface area (Å²) < 4.78 is 0. The van der Waals surface area contributed by atoms with Gasteiger partial charge in [0.1, 0.15) is 17.5 Å². The van der Waals surface area contributed by atoms with Gasteiger partial charge in [0, 0.05) is 37.2 Å². The van der Waals surface area contributed by atoms with Crippen molar-refractivity contribution in [3.63, 3.8) is 0 Å². The molecule has 3 aromatic carbocycles. The van der Waals surface area contributed by atoms with Gasteiger partial charge in [0.2, 0.25) is 0 Å². The number of nitrogens with zero attached hydrogens (tertiary/aromatic N) is 9. The predicted molar refractivity (Wildman–Crippen MR) is 197 cm³/mol. The van der Waals surface area contributed by atoms with Crippen molar-refractivity contribution in [2.75, 3.05) is 34.1 Å². The third-order valence-corrected chi connectivity index (χ3v) is 8.43. The first-order chi connectivity index (χ1) is 23.8. The van der Waals surface area contributed by atoms with Crippen LogP contribution in [0.3, 0.4) is 0 Å². The first-order valence-electron chi connectivity index (χ1n) is 16.0. The first kappa shape index (κ1) is 34.5. The molecular formula is C39H36N10Pt. The van der Waals surface area contributed by atoms with Gasteiger partial charge in [-0.25, -0.2) is 15.0 Å². The van der Waals surface area contributed by atoms with Crippen molar-refractivity contribution in [1.29, 1.82) is 0 Å². The standard InChI is InChI=1S/C28H29N8.C11H7N2.Pt/c1-18-11-19(2)25(20(3)12-18)22-13-23(33-16-34(5)26-21(4)29-7-8-30-26)15-24(14-22)36-17-35(6)27-28(36)32-10-9-31-27;1-2-4-10-8(3-1)9-5-6-12-7-11(9)13-10;/h7-14,16-17,33H,1-6H3;1-7H;/q-3;-1;+4. The fourth-order valence-electron chi connectivity index (χ4n) is 6.35. The van der Waals surface area contributed by atoms with Gasteiger partial charge in [0.25, 0.3) is 0 Å². The molecule has 1 aliphatic heterocycles. The van der Waals surface area contributed by atoms with Crippen LogP contribution < -0.4 is 25.0 Å². The second-order valence-corrected chi connectivity index (χ2v) is 12.1. The predicted octanol–water partition coefficient (Wildman–Crippen LogP) is 7.68. The number of rotatable bonds is 6. The zero-order chi connectivity index (χ0) is 34.1. The van der Waals surface area contributed by atoms with Gasteiger partial charge in [0.05, 0.1) is 5.69 Å². The molecule has 4 aromatic heterocycles. The summed E-state index contributed by atoms with van der Waals surface area (Å²) >= 11 is 0. The molecule has 0 atom stereocenters. The second-order valence-electron chi connectivity index (χ2n) is 12.1. The Kier molecular flexibility index (Phi) is 10.1. The molecule has 252 valence electrons. The Hall–Kier alpha value is -5.34. The largest absolute Gasteiger partial charge is 4.00 e. The van der Waals surface area contributed by atoms with E-state index in [4.69, 9.17) is 0 Å². The molecule has 8 rings (SSSR count). The van der Waals surface area contributed by atoms with E-state index >= 15 is 0 Å². The van der Waals surface area contributed by atoms with Gasteiger partial charge in [-0.1, -0.05) is 42.0 Å². The van der Waals surface area contributed by atoms with Crippen molar-refractivity contribution < 1.29 is 21.1 Å². The molecule has 50 heavy (non-hydrogen) atoms. The van der Waals surface area contributed by atoms with Crippen LogP contribution in [-0.4, -0.2) is 39.0 Å². The minimum atomic E-state index is 0. The van der Waals surface area contributed by atoms with Gasteiger partial charge in [0.15, 0.2) is 0 Å². The molecule has 7 aromatic rings. The number of aryl methyl sites for hydroxylation is 4. The van der Waals surface area contributed by atoms with Gasteiger partial charge >= 0.3 is 21.1 Å². The molecule has 0 fully saturated rings. The van der Waals surface area contributed by atoms with Crippen LogP contribution in [0.15, 0.2) is 91.8 Å². The molecule has 0 bridgehead atoms. The van der Waals surface area contributed by atoms with E-state index in [0.717, 1.165) is 51.1 Å². The zero-order valence-electron chi connectivity index (χ0n) is 28.7. The van der Waals surface area contributed by atoms with Crippen LogP contribution in [0.2, 0.25) is 0 Å². The molecule has 0 spiro atoms. The molecule has 0 unspecified atom stereocenters. The molecule has 1 N–H and O–H groups in total. The Labute approximate surface area is 306 Å². The average Bonchev–Trinajstić information content (AvgIpc) is 3.65. The molecule has 0 amide bonds. The quantitative estimate of drug-likeness (QED) is 0.168. The number of anilines is 5. The van der Waals surface area contributed by atoms with Gasteiger partial charge in [-0.2, -0.15) is 6.67 Å². The van der Waals surface area contributed by atoms with Gasteiger partial charge in [-0.05, 0) is 75.3 Å². The topological polar surface area (TPSA) is 100 Å². The van der Waals surface area contributed by atoms with E-state index in [2.05, 4.69) is 92.4 Å². The van der Waals surface area contributed by atoms with Gasteiger partial charge in [-0.15, -0.1) is 52.8 Å². The maximum Gasteiger partial charge on any atom is 4.00 e. The zero-order valence-corrected chi connectivity index (χ0v) is 30.9. The molecule has 1 aliphatic rings. The third-order valence-electron chi connectivity index (χ3n) is 8.43. The van der Waals surface area contributed by atoms with Crippen molar-refractivity contribution >= 4 is 50.6 Å². The Balaban J connectivity index is 0.000000256. The van der Waals surface area contributed by atoms with Crippen LogP contribution in [0.25, 0.3) is 32.9 Å². The monoisotopic (exact) mass is 839 g/mol. The van der Waals surface area contributed by atoms with Gasteiger partial charge in [-0.3, -0.25) is 9.97 Å². The molecule has 11 heteroatoms. The maximum absolute atomic E-state index is 4.59. The number of hydrogen-bond donors (Lipinski definition) is 1. The second kappa shape index (κ2) is 14.6. The Bertz CT molecular complexity index is 2210. The minimum absolute atomic E-state index is 0. The minimum Gasteiger partial charge on any atom is -0.656 e. The molecule has 0 aliphatic carbocycles. The van der Waals surface area contributed by atoms with E-state index in [1.165, 1.54) is 33.0 Å².